The highest BCUT2D eigenvalue weighted by molar-refractivity contribution is 14.1. The first-order valence-corrected chi connectivity index (χ1v) is 7.15. The number of carboxylic acids is 1. The fourth-order valence-corrected chi connectivity index (χ4v) is 2.08. The first-order valence-electron chi connectivity index (χ1n) is 4.66. The lowest BCUT2D eigenvalue weighted by atomic mass is 10.2. The van der Waals surface area contributed by atoms with Gasteiger partial charge in [-0.1, -0.05) is 22.6 Å². The van der Waals surface area contributed by atoms with Gasteiger partial charge in [0.25, 0.3) is 0 Å². The number of halogens is 2. The van der Waals surface area contributed by atoms with Crippen LogP contribution in [0.2, 0.25) is 0 Å². The summed E-state index contributed by atoms with van der Waals surface area (Å²) in [6.07, 6.45) is -0.219. The predicted octanol–water partition coefficient (Wildman–Crippen LogP) is 2.85. The molecule has 94 valence electrons. The summed E-state index contributed by atoms with van der Waals surface area (Å²) in [6.45, 7) is 5.22. The molecule has 0 bridgehead atoms. The zero-order chi connectivity index (χ0) is 12.9. The monoisotopic (exact) mass is 455 g/mol. The van der Waals surface area contributed by atoms with Gasteiger partial charge >= 0.3 is 12.1 Å². The lowest BCUT2D eigenvalue weighted by Gasteiger charge is -2.26. The molecule has 1 N–H and O–H groups in total. The Kier molecular flexibility index (Phi) is 6.90. The van der Waals surface area contributed by atoms with Gasteiger partial charge in [-0.15, -0.1) is 0 Å². The van der Waals surface area contributed by atoms with E-state index in [2.05, 4.69) is 22.6 Å². The van der Waals surface area contributed by atoms with Crippen LogP contribution in [0.15, 0.2) is 0 Å². The highest BCUT2D eigenvalue weighted by Gasteiger charge is 2.30. The molecular formula is C9H15I2NO4. The maximum Gasteiger partial charge on any atom is 0.419 e. The fraction of sp³-hybridized carbons (Fsp3) is 0.778. The Hall–Kier alpha value is 0.200. The van der Waals surface area contributed by atoms with E-state index < -0.39 is 23.7 Å². The van der Waals surface area contributed by atoms with Crippen molar-refractivity contribution in [3.63, 3.8) is 0 Å². The SMILES string of the molecule is CC(C)(C)OC(=O)N(I)C(CCI)C(=O)O. The van der Waals surface area contributed by atoms with Gasteiger partial charge in [0.2, 0.25) is 0 Å². The van der Waals surface area contributed by atoms with Crippen LogP contribution in [0.5, 0.6) is 0 Å². The second kappa shape index (κ2) is 6.82. The van der Waals surface area contributed by atoms with Crippen LogP contribution < -0.4 is 0 Å². The smallest absolute Gasteiger partial charge is 0.419 e. The summed E-state index contributed by atoms with van der Waals surface area (Å²) in [4.78, 5) is 22.6. The number of ether oxygens (including phenoxy) is 1. The standard InChI is InChI=1S/C9H15I2NO4/c1-9(2,3)16-8(15)12(11)6(4-5-10)7(13)14/h6H,4-5H2,1-3H3,(H,13,14). The Bertz CT molecular complexity index is 265. The number of rotatable bonds is 4. The molecule has 0 radical (unpaired) electrons. The van der Waals surface area contributed by atoms with E-state index in [9.17, 15) is 9.59 Å². The molecule has 1 atom stereocenters. The Balaban J connectivity index is 4.55. The minimum absolute atomic E-state index is 0.401. The highest BCUT2D eigenvalue weighted by atomic mass is 127. The Morgan fingerprint density at radius 1 is 1.44 bits per heavy atom. The van der Waals surface area contributed by atoms with Crippen LogP contribution in [0.3, 0.4) is 0 Å². The van der Waals surface area contributed by atoms with Crippen LogP contribution >= 0.6 is 45.5 Å². The van der Waals surface area contributed by atoms with Crippen molar-refractivity contribution in [2.45, 2.75) is 38.8 Å². The van der Waals surface area contributed by atoms with Gasteiger partial charge in [0.05, 0.1) is 22.9 Å². The molecule has 0 saturated carbocycles. The third-order valence-electron chi connectivity index (χ3n) is 1.51. The topological polar surface area (TPSA) is 66.8 Å². The zero-order valence-electron chi connectivity index (χ0n) is 9.37. The molecule has 1 unspecified atom stereocenters. The van der Waals surface area contributed by atoms with Crippen LogP contribution in [-0.4, -0.2) is 36.4 Å². The maximum atomic E-state index is 11.6. The molecule has 0 aromatic carbocycles. The second-order valence-corrected chi connectivity index (χ2v) is 6.24. The zero-order valence-corrected chi connectivity index (χ0v) is 13.7. The van der Waals surface area contributed by atoms with Crippen LogP contribution in [-0.2, 0) is 9.53 Å². The molecule has 0 aliphatic carbocycles. The summed E-state index contributed by atoms with van der Waals surface area (Å²) in [7, 11) is 0. The average molecular weight is 455 g/mol. The van der Waals surface area contributed by atoms with Crippen molar-refractivity contribution in [1.29, 1.82) is 0 Å². The number of aliphatic carboxylic acids is 1. The number of hydrogen-bond acceptors (Lipinski definition) is 3. The van der Waals surface area contributed by atoms with Crippen molar-refractivity contribution in [1.82, 2.24) is 3.11 Å². The third kappa shape index (κ3) is 6.06. The molecule has 5 nitrogen and oxygen atoms in total. The summed E-state index contributed by atoms with van der Waals surface area (Å²) in [5.74, 6) is -1.02. The lowest BCUT2D eigenvalue weighted by Crippen LogP contribution is -2.41. The first-order chi connectivity index (χ1) is 7.19. The van der Waals surface area contributed by atoms with E-state index in [1.54, 1.807) is 43.6 Å². The fourth-order valence-electron chi connectivity index (χ4n) is 0.870. The largest absolute Gasteiger partial charge is 0.480 e. The molecule has 0 saturated heterocycles. The van der Waals surface area contributed by atoms with E-state index in [1.807, 2.05) is 0 Å². The van der Waals surface area contributed by atoms with E-state index in [-0.39, 0.29) is 0 Å². The summed E-state index contributed by atoms with van der Waals surface area (Å²) in [6, 6.07) is -0.840. The predicted molar refractivity (Wildman–Crippen MR) is 77.0 cm³/mol. The van der Waals surface area contributed by atoms with Crippen molar-refractivity contribution in [2.24, 2.45) is 0 Å². The van der Waals surface area contributed by atoms with Crippen LogP contribution in [0.1, 0.15) is 27.2 Å². The molecule has 0 fully saturated rings. The number of carbonyl (C=O) groups excluding carboxylic acids is 1. The van der Waals surface area contributed by atoms with Crippen molar-refractivity contribution in [3.8, 4) is 0 Å². The van der Waals surface area contributed by atoms with Crippen LogP contribution in [0.4, 0.5) is 4.79 Å². The molecule has 16 heavy (non-hydrogen) atoms. The highest BCUT2D eigenvalue weighted by Crippen LogP contribution is 2.18. The molecule has 0 aliphatic rings. The second-order valence-electron chi connectivity index (χ2n) is 4.12. The van der Waals surface area contributed by atoms with Crippen LogP contribution in [0, 0.1) is 0 Å². The lowest BCUT2D eigenvalue weighted by molar-refractivity contribution is -0.140. The van der Waals surface area contributed by atoms with Gasteiger partial charge in [0.15, 0.2) is 0 Å². The molecule has 0 aliphatic heterocycles. The van der Waals surface area contributed by atoms with Gasteiger partial charge < -0.3 is 9.84 Å². The summed E-state index contributed by atoms with van der Waals surface area (Å²) in [5.41, 5.74) is -0.617. The Labute approximate surface area is 123 Å². The van der Waals surface area contributed by atoms with Crippen molar-refractivity contribution in [3.05, 3.63) is 0 Å². The van der Waals surface area contributed by atoms with E-state index in [1.165, 1.54) is 0 Å². The average Bonchev–Trinajstić information content (AvgIpc) is 2.09. The summed E-state index contributed by atoms with van der Waals surface area (Å²) < 4.78 is 6.86. The molecule has 7 heteroatoms. The molecule has 0 heterocycles. The van der Waals surface area contributed by atoms with Gasteiger partial charge in [-0.3, -0.25) is 0 Å². The van der Waals surface area contributed by atoms with E-state index >= 15 is 0 Å². The molecule has 1 amide bonds. The van der Waals surface area contributed by atoms with E-state index in [0.29, 0.717) is 10.8 Å². The number of carbonyl (C=O) groups is 2. The third-order valence-corrected chi connectivity index (χ3v) is 3.20. The first kappa shape index (κ1) is 16.2. The van der Waals surface area contributed by atoms with Crippen molar-refractivity contribution in [2.75, 3.05) is 4.43 Å². The van der Waals surface area contributed by atoms with Crippen LogP contribution in [0.25, 0.3) is 0 Å². The van der Waals surface area contributed by atoms with Gasteiger partial charge in [0.1, 0.15) is 11.6 Å². The van der Waals surface area contributed by atoms with Gasteiger partial charge in [0, 0.05) is 4.43 Å². The summed E-state index contributed by atoms with van der Waals surface area (Å²) >= 11 is 3.76. The quantitative estimate of drug-likeness (QED) is 0.403. The van der Waals surface area contributed by atoms with Crippen molar-refractivity contribution < 1.29 is 19.4 Å². The number of alkyl halides is 1. The minimum atomic E-state index is -1.02. The summed E-state index contributed by atoms with van der Waals surface area (Å²) in [5, 5.41) is 8.96. The number of hydrogen-bond donors (Lipinski definition) is 1. The Morgan fingerprint density at radius 3 is 2.25 bits per heavy atom. The van der Waals surface area contributed by atoms with E-state index in [4.69, 9.17) is 9.84 Å². The Morgan fingerprint density at radius 2 is 1.94 bits per heavy atom. The van der Waals surface area contributed by atoms with Gasteiger partial charge in [-0.2, -0.15) is 0 Å². The molecule has 0 rings (SSSR count). The number of carboxylic acid groups (broad SMARTS) is 1. The molecular weight excluding hydrogens is 440 g/mol. The minimum Gasteiger partial charge on any atom is -0.480 e. The van der Waals surface area contributed by atoms with Gasteiger partial charge in [-0.05, 0) is 27.2 Å². The van der Waals surface area contributed by atoms with Crippen molar-refractivity contribution >= 4 is 57.5 Å². The number of nitrogens with zero attached hydrogens (tertiary/aromatic N) is 1. The van der Waals surface area contributed by atoms with Gasteiger partial charge in [-0.25, -0.2) is 12.7 Å². The normalized spacial score (nSPS) is 13.1. The number of amides is 1. The van der Waals surface area contributed by atoms with E-state index in [0.717, 1.165) is 3.11 Å². The molecule has 0 aromatic rings. The maximum absolute atomic E-state index is 11.6. The molecule has 0 aromatic heterocycles. The molecule has 0 spiro atoms.